The quantitative estimate of drug-likeness (QED) is 0.709. The van der Waals surface area contributed by atoms with Gasteiger partial charge in [0.15, 0.2) is 0 Å². The van der Waals surface area contributed by atoms with Gasteiger partial charge in [0.2, 0.25) is 0 Å². The van der Waals surface area contributed by atoms with Gasteiger partial charge in [0.05, 0.1) is 5.56 Å². The molecular formula is C10H13NO2. The summed E-state index contributed by atoms with van der Waals surface area (Å²) in [4.78, 5) is 11.3. The Morgan fingerprint density at radius 2 is 2.08 bits per heavy atom. The van der Waals surface area contributed by atoms with Crippen molar-refractivity contribution in [2.45, 2.75) is 13.0 Å². The number of rotatable bonds is 3. The van der Waals surface area contributed by atoms with Crippen LogP contribution in [0.5, 0.6) is 0 Å². The van der Waals surface area contributed by atoms with Crippen LogP contribution in [0.3, 0.4) is 0 Å². The number of hydrogen-bond acceptors (Lipinski definition) is 3. The van der Waals surface area contributed by atoms with E-state index >= 15 is 0 Å². The van der Waals surface area contributed by atoms with E-state index < -0.39 is 0 Å². The van der Waals surface area contributed by atoms with E-state index in [2.05, 4.69) is 0 Å². The van der Waals surface area contributed by atoms with Crippen molar-refractivity contribution in [3.05, 3.63) is 35.9 Å². The van der Waals surface area contributed by atoms with Crippen LogP contribution in [0, 0.1) is 0 Å². The first kappa shape index (κ1) is 9.74. The molecule has 1 atom stereocenters. The Bertz CT molecular complexity index is 270. The number of carbonyl (C=O) groups is 1. The Hall–Kier alpha value is -1.35. The maximum absolute atomic E-state index is 11.3. The third-order valence-electron chi connectivity index (χ3n) is 1.49. The van der Waals surface area contributed by atoms with Crippen molar-refractivity contribution in [3.63, 3.8) is 0 Å². The molecule has 0 fully saturated rings. The second-order valence-corrected chi connectivity index (χ2v) is 2.94. The highest BCUT2D eigenvalue weighted by molar-refractivity contribution is 5.89. The van der Waals surface area contributed by atoms with Crippen LogP contribution in [-0.4, -0.2) is 18.6 Å². The monoisotopic (exact) mass is 179 g/mol. The SMILES string of the molecule is C[C@@H](N)COC(=O)c1ccccc1. The lowest BCUT2D eigenvalue weighted by Gasteiger charge is -2.06. The Balaban J connectivity index is 2.50. The maximum Gasteiger partial charge on any atom is 0.338 e. The fourth-order valence-electron chi connectivity index (χ4n) is 0.865. The molecule has 2 N–H and O–H groups in total. The summed E-state index contributed by atoms with van der Waals surface area (Å²) in [5.41, 5.74) is 6.00. The zero-order chi connectivity index (χ0) is 9.68. The molecule has 0 aliphatic heterocycles. The van der Waals surface area contributed by atoms with Gasteiger partial charge < -0.3 is 10.5 Å². The van der Waals surface area contributed by atoms with E-state index in [0.29, 0.717) is 5.56 Å². The number of nitrogens with two attached hydrogens (primary N) is 1. The molecule has 0 saturated heterocycles. The molecule has 1 aromatic rings. The van der Waals surface area contributed by atoms with Gasteiger partial charge in [-0.25, -0.2) is 4.79 Å². The third kappa shape index (κ3) is 3.25. The summed E-state index contributed by atoms with van der Waals surface area (Å²) in [6.07, 6.45) is 0. The van der Waals surface area contributed by atoms with Crippen molar-refractivity contribution in [2.24, 2.45) is 5.73 Å². The van der Waals surface area contributed by atoms with Gasteiger partial charge >= 0.3 is 5.97 Å². The predicted octanol–water partition coefficient (Wildman–Crippen LogP) is 1.19. The van der Waals surface area contributed by atoms with Crippen molar-refractivity contribution in [1.82, 2.24) is 0 Å². The molecular weight excluding hydrogens is 166 g/mol. The van der Waals surface area contributed by atoms with Crippen molar-refractivity contribution < 1.29 is 9.53 Å². The van der Waals surface area contributed by atoms with E-state index in [1.54, 1.807) is 31.2 Å². The van der Waals surface area contributed by atoms with Crippen LogP contribution in [-0.2, 0) is 4.74 Å². The molecule has 0 bridgehead atoms. The van der Waals surface area contributed by atoms with Crippen LogP contribution in [0.2, 0.25) is 0 Å². The first-order valence-electron chi connectivity index (χ1n) is 4.18. The minimum Gasteiger partial charge on any atom is -0.460 e. The Morgan fingerprint density at radius 3 is 2.62 bits per heavy atom. The predicted molar refractivity (Wildman–Crippen MR) is 50.4 cm³/mol. The number of esters is 1. The summed E-state index contributed by atoms with van der Waals surface area (Å²) >= 11 is 0. The molecule has 3 heteroatoms. The van der Waals surface area contributed by atoms with Crippen molar-refractivity contribution in [1.29, 1.82) is 0 Å². The van der Waals surface area contributed by atoms with Crippen LogP contribution in [0.25, 0.3) is 0 Å². The molecule has 0 heterocycles. The van der Waals surface area contributed by atoms with Gasteiger partial charge in [0.25, 0.3) is 0 Å². The van der Waals surface area contributed by atoms with E-state index in [0.717, 1.165) is 0 Å². The molecule has 1 aromatic carbocycles. The zero-order valence-electron chi connectivity index (χ0n) is 7.57. The molecule has 0 amide bonds. The highest BCUT2D eigenvalue weighted by Crippen LogP contribution is 2.00. The molecule has 3 nitrogen and oxygen atoms in total. The topological polar surface area (TPSA) is 52.3 Å². The minimum absolute atomic E-state index is 0.118. The Labute approximate surface area is 77.5 Å². The van der Waals surface area contributed by atoms with Gasteiger partial charge in [0.1, 0.15) is 6.61 Å². The highest BCUT2D eigenvalue weighted by Gasteiger charge is 2.06. The molecule has 0 unspecified atom stereocenters. The van der Waals surface area contributed by atoms with Crippen molar-refractivity contribution in [3.8, 4) is 0 Å². The first-order valence-corrected chi connectivity index (χ1v) is 4.18. The van der Waals surface area contributed by atoms with Crippen LogP contribution >= 0.6 is 0 Å². The molecule has 70 valence electrons. The number of carbonyl (C=O) groups excluding carboxylic acids is 1. The van der Waals surface area contributed by atoms with E-state index in [1.165, 1.54) is 0 Å². The van der Waals surface area contributed by atoms with E-state index in [1.807, 2.05) is 6.07 Å². The number of hydrogen-bond donors (Lipinski definition) is 1. The molecule has 0 aromatic heterocycles. The Morgan fingerprint density at radius 1 is 1.46 bits per heavy atom. The largest absolute Gasteiger partial charge is 0.460 e. The summed E-state index contributed by atoms with van der Waals surface area (Å²) in [5.74, 6) is -0.321. The minimum atomic E-state index is -0.321. The van der Waals surface area contributed by atoms with Gasteiger partial charge in [-0.2, -0.15) is 0 Å². The highest BCUT2D eigenvalue weighted by atomic mass is 16.5. The summed E-state index contributed by atoms with van der Waals surface area (Å²) in [7, 11) is 0. The average molecular weight is 179 g/mol. The van der Waals surface area contributed by atoms with E-state index in [9.17, 15) is 4.79 Å². The van der Waals surface area contributed by atoms with Crippen LogP contribution < -0.4 is 5.73 Å². The number of benzene rings is 1. The summed E-state index contributed by atoms with van der Waals surface area (Å²) < 4.78 is 4.93. The van der Waals surface area contributed by atoms with Crippen LogP contribution in [0.15, 0.2) is 30.3 Å². The second kappa shape index (κ2) is 4.62. The molecule has 13 heavy (non-hydrogen) atoms. The van der Waals surface area contributed by atoms with Crippen LogP contribution in [0.4, 0.5) is 0 Å². The van der Waals surface area contributed by atoms with Gasteiger partial charge in [0, 0.05) is 6.04 Å². The lowest BCUT2D eigenvalue weighted by atomic mass is 10.2. The lowest BCUT2D eigenvalue weighted by Crippen LogP contribution is -2.23. The van der Waals surface area contributed by atoms with Crippen molar-refractivity contribution in [2.75, 3.05) is 6.61 Å². The normalized spacial score (nSPS) is 12.2. The lowest BCUT2D eigenvalue weighted by molar-refractivity contribution is 0.0487. The zero-order valence-corrected chi connectivity index (χ0v) is 7.57. The standard InChI is InChI=1S/C10H13NO2/c1-8(11)7-13-10(12)9-5-3-2-4-6-9/h2-6,8H,7,11H2,1H3/t8-/m1/s1. The van der Waals surface area contributed by atoms with Gasteiger partial charge in [-0.15, -0.1) is 0 Å². The molecule has 1 rings (SSSR count). The van der Waals surface area contributed by atoms with E-state index in [-0.39, 0.29) is 18.6 Å². The molecule has 0 spiro atoms. The van der Waals surface area contributed by atoms with Gasteiger partial charge in [-0.1, -0.05) is 18.2 Å². The summed E-state index contributed by atoms with van der Waals surface area (Å²) in [5, 5.41) is 0. The fourth-order valence-corrected chi connectivity index (χ4v) is 0.865. The summed E-state index contributed by atoms with van der Waals surface area (Å²) in [6, 6.07) is 8.74. The molecule has 0 aliphatic carbocycles. The van der Waals surface area contributed by atoms with Crippen LogP contribution in [0.1, 0.15) is 17.3 Å². The first-order chi connectivity index (χ1) is 6.20. The number of ether oxygens (including phenoxy) is 1. The van der Waals surface area contributed by atoms with Gasteiger partial charge in [-0.05, 0) is 19.1 Å². The molecule has 0 saturated carbocycles. The smallest absolute Gasteiger partial charge is 0.338 e. The molecule has 0 aliphatic rings. The Kier molecular flexibility index (Phi) is 3.46. The molecule has 0 radical (unpaired) electrons. The van der Waals surface area contributed by atoms with Gasteiger partial charge in [-0.3, -0.25) is 0 Å². The van der Waals surface area contributed by atoms with E-state index in [4.69, 9.17) is 10.5 Å². The second-order valence-electron chi connectivity index (χ2n) is 2.94. The maximum atomic E-state index is 11.3. The van der Waals surface area contributed by atoms with Crippen molar-refractivity contribution >= 4 is 5.97 Å². The third-order valence-corrected chi connectivity index (χ3v) is 1.49. The fraction of sp³-hybridized carbons (Fsp3) is 0.300. The summed E-state index contributed by atoms with van der Waals surface area (Å²) in [6.45, 7) is 2.05. The average Bonchev–Trinajstić information content (AvgIpc) is 2.15.